The lowest BCUT2D eigenvalue weighted by Gasteiger charge is -2.00. The van der Waals surface area contributed by atoms with E-state index < -0.39 is 5.97 Å². The van der Waals surface area contributed by atoms with Gasteiger partial charge in [-0.05, 0) is 30.7 Å². The molecular formula is C13H11Cl2NO2S. The second-order valence-corrected chi connectivity index (χ2v) is 5.62. The fraction of sp³-hybridized carbons (Fsp3) is 0.231. The van der Waals surface area contributed by atoms with Gasteiger partial charge in [-0.25, -0.2) is 9.78 Å². The Morgan fingerprint density at radius 1 is 1.32 bits per heavy atom. The molecule has 0 fully saturated rings. The van der Waals surface area contributed by atoms with Crippen molar-refractivity contribution in [3.8, 4) is 0 Å². The molecule has 0 amide bonds. The Morgan fingerprint density at radius 2 is 2.00 bits per heavy atom. The summed E-state index contributed by atoms with van der Waals surface area (Å²) in [5.74, 6) is -0.394. The summed E-state index contributed by atoms with van der Waals surface area (Å²) >= 11 is 13.3. The van der Waals surface area contributed by atoms with Crippen molar-refractivity contribution in [3.05, 3.63) is 49.9 Å². The Hall–Kier alpha value is -1.10. The number of hydrogen-bond donors (Lipinski definition) is 0. The Morgan fingerprint density at radius 3 is 2.63 bits per heavy atom. The number of aromatic nitrogens is 1. The fourth-order valence-corrected chi connectivity index (χ4v) is 2.95. The van der Waals surface area contributed by atoms with Gasteiger partial charge in [0.1, 0.15) is 0 Å². The smallest absolute Gasteiger partial charge is 0.357 e. The van der Waals surface area contributed by atoms with E-state index in [9.17, 15) is 4.79 Å². The van der Waals surface area contributed by atoms with Crippen LogP contribution in [0, 0.1) is 0 Å². The van der Waals surface area contributed by atoms with Gasteiger partial charge in [0.25, 0.3) is 0 Å². The summed E-state index contributed by atoms with van der Waals surface area (Å²) < 4.78 is 4.89. The molecular weight excluding hydrogens is 305 g/mol. The monoisotopic (exact) mass is 315 g/mol. The van der Waals surface area contributed by atoms with Crippen LogP contribution < -0.4 is 0 Å². The first kappa shape index (κ1) is 14.3. The molecule has 0 saturated heterocycles. The van der Waals surface area contributed by atoms with Crippen LogP contribution in [0.15, 0.2) is 23.6 Å². The highest BCUT2D eigenvalue weighted by Gasteiger charge is 2.12. The Kier molecular flexibility index (Phi) is 4.80. The number of rotatable bonds is 4. The molecule has 1 aromatic carbocycles. The average molecular weight is 316 g/mol. The first-order chi connectivity index (χ1) is 9.08. The van der Waals surface area contributed by atoms with Crippen molar-refractivity contribution in [2.45, 2.75) is 13.3 Å². The van der Waals surface area contributed by atoms with Crippen LogP contribution in [0.25, 0.3) is 0 Å². The van der Waals surface area contributed by atoms with Crippen molar-refractivity contribution in [1.82, 2.24) is 4.98 Å². The standard InChI is InChI=1S/C13H11Cl2NO2S/c1-2-18-13(17)11-7-19-12(16-11)5-8-3-9(14)6-10(15)4-8/h3-4,6-7H,2,5H2,1H3. The van der Waals surface area contributed by atoms with Crippen LogP contribution in [0.5, 0.6) is 0 Å². The Bertz CT molecular complexity index is 578. The SMILES string of the molecule is CCOC(=O)c1csc(Cc2cc(Cl)cc(Cl)c2)n1. The lowest BCUT2D eigenvalue weighted by Crippen LogP contribution is -2.05. The van der Waals surface area contributed by atoms with Gasteiger partial charge in [-0.2, -0.15) is 0 Å². The van der Waals surface area contributed by atoms with Gasteiger partial charge in [0.05, 0.1) is 11.6 Å². The van der Waals surface area contributed by atoms with Gasteiger partial charge < -0.3 is 4.74 Å². The molecule has 6 heteroatoms. The third-order valence-electron chi connectivity index (χ3n) is 2.31. The Labute approximate surface area is 125 Å². The number of carbonyl (C=O) groups excluding carboxylic acids is 1. The maximum Gasteiger partial charge on any atom is 0.357 e. The number of thiazole rings is 1. The summed E-state index contributed by atoms with van der Waals surface area (Å²) in [4.78, 5) is 15.7. The normalized spacial score (nSPS) is 10.5. The molecule has 0 radical (unpaired) electrons. The summed E-state index contributed by atoms with van der Waals surface area (Å²) in [6.45, 7) is 2.11. The predicted molar refractivity (Wildman–Crippen MR) is 77.3 cm³/mol. The highest BCUT2D eigenvalue weighted by molar-refractivity contribution is 7.09. The van der Waals surface area contributed by atoms with E-state index in [2.05, 4.69) is 4.98 Å². The Balaban J connectivity index is 2.13. The van der Waals surface area contributed by atoms with Crippen molar-refractivity contribution in [2.24, 2.45) is 0 Å². The minimum Gasteiger partial charge on any atom is -0.461 e. The van der Waals surface area contributed by atoms with Gasteiger partial charge >= 0.3 is 5.97 Å². The molecule has 1 aromatic heterocycles. The summed E-state index contributed by atoms with van der Waals surface area (Å²) in [5, 5.41) is 3.69. The van der Waals surface area contributed by atoms with Crippen LogP contribution in [-0.2, 0) is 11.2 Å². The van der Waals surface area contributed by atoms with Gasteiger partial charge in [-0.1, -0.05) is 23.2 Å². The minimum atomic E-state index is -0.394. The highest BCUT2D eigenvalue weighted by atomic mass is 35.5. The molecule has 0 unspecified atom stereocenters. The van der Waals surface area contributed by atoms with E-state index in [1.54, 1.807) is 18.4 Å². The number of halogens is 2. The molecule has 100 valence electrons. The number of benzene rings is 1. The third kappa shape index (κ3) is 3.93. The lowest BCUT2D eigenvalue weighted by molar-refractivity contribution is 0.0520. The molecule has 0 N–H and O–H groups in total. The van der Waals surface area contributed by atoms with Crippen molar-refractivity contribution in [2.75, 3.05) is 6.61 Å². The zero-order chi connectivity index (χ0) is 13.8. The maximum absolute atomic E-state index is 11.5. The van der Waals surface area contributed by atoms with E-state index in [4.69, 9.17) is 27.9 Å². The van der Waals surface area contributed by atoms with E-state index in [0.29, 0.717) is 28.8 Å². The second-order valence-electron chi connectivity index (χ2n) is 3.80. The average Bonchev–Trinajstić information content (AvgIpc) is 2.76. The number of ether oxygens (including phenoxy) is 1. The van der Waals surface area contributed by atoms with Crippen LogP contribution in [0.3, 0.4) is 0 Å². The fourth-order valence-electron chi connectivity index (χ4n) is 1.58. The molecule has 2 aromatic rings. The number of hydrogen-bond acceptors (Lipinski definition) is 4. The molecule has 0 bridgehead atoms. The molecule has 19 heavy (non-hydrogen) atoms. The minimum absolute atomic E-state index is 0.343. The number of nitrogens with zero attached hydrogens (tertiary/aromatic N) is 1. The van der Waals surface area contributed by atoms with Crippen molar-refractivity contribution < 1.29 is 9.53 Å². The third-order valence-corrected chi connectivity index (χ3v) is 3.60. The molecule has 0 saturated carbocycles. The maximum atomic E-state index is 11.5. The van der Waals surface area contributed by atoms with Gasteiger partial charge in [0, 0.05) is 21.8 Å². The zero-order valence-corrected chi connectivity index (χ0v) is 12.5. The van der Waals surface area contributed by atoms with Crippen LogP contribution >= 0.6 is 34.5 Å². The molecule has 0 atom stereocenters. The first-order valence-corrected chi connectivity index (χ1v) is 7.28. The van der Waals surface area contributed by atoms with Crippen molar-refractivity contribution in [1.29, 1.82) is 0 Å². The molecule has 0 aliphatic heterocycles. The van der Waals surface area contributed by atoms with E-state index in [1.165, 1.54) is 11.3 Å². The topological polar surface area (TPSA) is 39.2 Å². The van der Waals surface area contributed by atoms with Crippen LogP contribution in [-0.4, -0.2) is 17.6 Å². The van der Waals surface area contributed by atoms with Crippen LogP contribution in [0.2, 0.25) is 10.0 Å². The van der Waals surface area contributed by atoms with Crippen LogP contribution in [0.4, 0.5) is 0 Å². The first-order valence-electron chi connectivity index (χ1n) is 5.65. The summed E-state index contributed by atoms with van der Waals surface area (Å²) in [5.41, 5.74) is 1.30. The van der Waals surface area contributed by atoms with Crippen molar-refractivity contribution >= 4 is 40.5 Å². The van der Waals surface area contributed by atoms with E-state index in [-0.39, 0.29) is 0 Å². The molecule has 2 rings (SSSR count). The van der Waals surface area contributed by atoms with E-state index >= 15 is 0 Å². The summed E-state index contributed by atoms with van der Waals surface area (Å²) in [7, 11) is 0. The molecule has 3 nitrogen and oxygen atoms in total. The molecule has 0 spiro atoms. The van der Waals surface area contributed by atoms with Gasteiger partial charge in [-0.15, -0.1) is 11.3 Å². The predicted octanol–water partition coefficient (Wildman–Crippen LogP) is 4.22. The van der Waals surface area contributed by atoms with Crippen molar-refractivity contribution in [3.63, 3.8) is 0 Å². The summed E-state index contributed by atoms with van der Waals surface area (Å²) in [6.07, 6.45) is 0.588. The number of esters is 1. The van der Waals surface area contributed by atoms with Gasteiger partial charge in [-0.3, -0.25) is 0 Å². The quantitative estimate of drug-likeness (QED) is 0.793. The van der Waals surface area contributed by atoms with Gasteiger partial charge in [0.2, 0.25) is 0 Å². The zero-order valence-electron chi connectivity index (χ0n) is 10.2. The highest BCUT2D eigenvalue weighted by Crippen LogP contribution is 2.22. The lowest BCUT2D eigenvalue weighted by atomic mass is 10.2. The molecule has 0 aliphatic rings. The number of carbonyl (C=O) groups is 1. The second kappa shape index (κ2) is 6.37. The van der Waals surface area contributed by atoms with E-state index in [0.717, 1.165) is 10.6 Å². The largest absolute Gasteiger partial charge is 0.461 e. The van der Waals surface area contributed by atoms with E-state index in [1.807, 2.05) is 12.1 Å². The molecule has 0 aliphatic carbocycles. The van der Waals surface area contributed by atoms with Gasteiger partial charge in [0.15, 0.2) is 5.69 Å². The van der Waals surface area contributed by atoms with Crippen LogP contribution in [0.1, 0.15) is 28.0 Å². The summed E-state index contributed by atoms with van der Waals surface area (Å²) in [6, 6.07) is 5.34. The molecule has 1 heterocycles.